The maximum absolute atomic E-state index is 13.3. The van der Waals surface area contributed by atoms with Gasteiger partial charge in [0.15, 0.2) is 12.4 Å². The van der Waals surface area contributed by atoms with Crippen LogP contribution < -0.4 is 5.32 Å². The highest BCUT2D eigenvalue weighted by molar-refractivity contribution is 5.80. The molecule has 0 saturated carbocycles. The summed E-state index contributed by atoms with van der Waals surface area (Å²) in [6, 6.07) is -1.03. The number of nitrogens with one attached hydrogen (secondary N) is 1. The van der Waals surface area contributed by atoms with Gasteiger partial charge in [0.25, 0.3) is 0 Å². The summed E-state index contributed by atoms with van der Waals surface area (Å²) < 4.78 is 17.5. The van der Waals surface area contributed by atoms with Crippen LogP contribution in [-0.4, -0.2) is 99.6 Å². The van der Waals surface area contributed by atoms with Crippen LogP contribution in [-0.2, 0) is 23.8 Å². The van der Waals surface area contributed by atoms with Gasteiger partial charge in [0.05, 0.1) is 25.4 Å². The van der Waals surface area contributed by atoms with Gasteiger partial charge in [-0.3, -0.25) is 9.59 Å². The molecule has 0 radical (unpaired) electrons. The molecule has 70 heavy (non-hydrogen) atoms. The second kappa shape index (κ2) is 47.4. The number of esters is 1. The molecule has 0 aromatic heterocycles. The molecule has 1 amide bonds. The van der Waals surface area contributed by atoms with Crippen molar-refractivity contribution in [3.63, 3.8) is 0 Å². The van der Waals surface area contributed by atoms with E-state index in [0.29, 0.717) is 19.3 Å². The van der Waals surface area contributed by atoms with Gasteiger partial charge in [-0.2, -0.15) is 0 Å². The van der Waals surface area contributed by atoms with Crippen molar-refractivity contribution in [2.45, 2.75) is 288 Å². The molecule has 406 valence electrons. The Bertz CT molecular complexity index is 1370. The number of aliphatic hydroxyl groups is 5. The average molecular weight is 988 g/mol. The molecule has 11 nitrogen and oxygen atoms in total. The highest BCUT2D eigenvalue weighted by Crippen LogP contribution is 2.26. The lowest BCUT2D eigenvalue weighted by Crippen LogP contribution is -2.61. The number of hydrogen-bond donors (Lipinski definition) is 6. The van der Waals surface area contributed by atoms with E-state index in [2.05, 4.69) is 62.5 Å². The lowest BCUT2D eigenvalue weighted by molar-refractivity contribution is -0.305. The van der Waals surface area contributed by atoms with E-state index in [-0.39, 0.29) is 19.4 Å². The van der Waals surface area contributed by atoms with Gasteiger partial charge in [0.1, 0.15) is 24.4 Å². The summed E-state index contributed by atoms with van der Waals surface area (Å²) in [5, 5.41) is 56.7. The zero-order valence-corrected chi connectivity index (χ0v) is 44.6. The second-order valence-electron chi connectivity index (χ2n) is 19.7. The third-order valence-corrected chi connectivity index (χ3v) is 13.2. The summed E-state index contributed by atoms with van der Waals surface area (Å²) in [5.74, 6) is -1.25. The van der Waals surface area contributed by atoms with E-state index in [0.717, 1.165) is 64.2 Å². The summed E-state index contributed by atoms with van der Waals surface area (Å²) in [6.45, 7) is 5.71. The van der Waals surface area contributed by atoms with E-state index in [1.807, 2.05) is 18.2 Å². The SMILES string of the molecule is CCCCC/C=C\C/C=C\C/C=C\C/C=C\CCCC(=O)OC1C(OCC(NC(=O)C(O)CCCCCCCCCCCCCCC)C(O)/C=C/CCCCCCCCCCC)OC(CO)C(O)C1O. The van der Waals surface area contributed by atoms with Crippen molar-refractivity contribution < 1.29 is 49.3 Å². The molecule has 0 aliphatic carbocycles. The van der Waals surface area contributed by atoms with Gasteiger partial charge in [0, 0.05) is 6.42 Å². The number of amides is 1. The summed E-state index contributed by atoms with van der Waals surface area (Å²) in [4.78, 5) is 26.4. The first-order valence-corrected chi connectivity index (χ1v) is 28.6. The fourth-order valence-electron chi connectivity index (χ4n) is 8.58. The third-order valence-electron chi connectivity index (χ3n) is 13.2. The molecular weight excluding hydrogens is 883 g/mol. The number of carbonyl (C=O) groups is 2. The highest BCUT2D eigenvalue weighted by atomic mass is 16.7. The molecule has 1 aliphatic rings. The van der Waals surface area contributed by atoms with Gasteiger partial charge in [-0.1, -0.05) is 229 Å². The molecule has 6 N–H and O–H groups in total. The number of hydrogen-bond acceptors (Lipinski definition) is 10. The molecular formula is C59H105NO10. The first kappa shape index (κ1) is 65.4. The van der Waals surface area contributed by atoms with Crippen molar-refractivity contribution in [3.8, 4) is 0 Å². The quantitative estimate of drug-likeness (QED) is 0.0196. The van der Waals surface area contributed by atoms with E-state index in [4.69, 9.17) is 14.2 Å². The smallest absolute Gasteiger partial charge is 0.306 e. The summed E-state index contributed by atoms with van der Waals surface area (Å²) >= 11 is 0. The van der Waals surface area contributed by atoms with E-state index < -0.39 is 67.4 Å². The molecule has 11 heteroatoms. The Kier molecular flexibility index (Phi) is 44.2. The normalized spacial score (nSPS) is 20.1. The van der Waals surface area contributed by atoms with Crippen molar-refractivity contribution in [3.05, 3.63) is 60.8 Å². The van der Waals surface area contributed by atoms with E-state index in [9.17, 15) is 35.1 Å². The summed E-state index contributed by atoms with van der Waals surface area (Å²) in [5.41, 5.74) is 0. The molecule has 1 aliphatic heterocycles. The van der Waals surface area contributed by atoms with E-state index in [1.165, 1.54) is 122 Å². The van der Waals surface area contributed by atoms with Crippen LogP contribution in [0.5, 0.6) is 0 Å². The number of ether oxygens (including phenoxy) is 3. The van der Waals surface area contributed by atoms with E-state index >= 15 is 0 Å². The van der Waals surface area contributed by atoms with Gasteiger partial charge >= 0.3 is 5.97 Å². The Morgan fingerprint density at radius 1 is 0.557 bits per heavy atom. The van der Waals surface area contributed by atoms with Gasteiger partial charge in [0.2, 0.25) is 5.91 Å². The second-order valence-corrected chi connectivity index (χ2v) is 19.7. The van der Waals surface area contributed by atoms with Crippen molar-refractivity contribution in [2.75, 3.05) is 13.2 Å². The summed E-state index contributed by atoms with van der Waals surface area (Å²) in [6.07, 6.45) is 47.0. The fourth-order valence-corrected chi connectivity index (χ4v) is 8.58. The Hall–Kier alpha value is -2.64. The van der Waals surface area contributed by atoms with Crippen LogP contribution in [0.1, 0.15) is 239 Å². The Balaban J connectivity index is 2.76. The van der Waals surface area contributed by atoms with Crippen molar-refractivity contribution in [2.24, 2.45) is 0 Å². The Labute approximate surface area is 427 Å². The number of unbranched alkanes of at least 4 members (excludes halogenated alkanes) is 25. The number of aliphatic hydroxyl groups excluding tert-OH is 5. The molecule has 8 atom stereocenters. The zero-order valence-electron chi connectivity index (χ0n) is 44.6. The molecule has 8 unspecified atom stereocenters. The number of carbonyl (C=O) groups excluding carboxylic acids is 2. The third kappa shape index (κ3) is 35.5. The molecule has 1 saturated heterocycles. The molecule has 0 aromatic carbocycles. The van der Waals surface area contributed by atoms with Crippen LogP contribution in [0, 0.1) is 0 Å². The van der Waals surface area contributed by atoms with Gasteiger partial charge in [-0.25, -0.2) is 0 Å². The van der Waals surface area contributed by atoms with Crippen LogP contribution in [0.4, 0.5) is 0 Å². The lowest BCUT2D eigenvalue weighted by atomic mass is 9.99. The van der Waals surface area contributed by atoms with Crippen LogP contribution in [0.25, 0.3) is 0 Å². The number of allylic oxidation sites excluding steroid dienone is 9. The molecule has 1 rings (SSSR count). The first-order chi connectivity index (χ1) is 34.2. The van der Waals surface area contributed by atoms with Crippen molar-refractivity contribution in [1.29, 1.82) is 0 Å². The zero-order chi connectivity index (χ0) is 51.1. The molecule has 0 aromatic rings. The Morgan fingerprint density at radius 3 is 1.50 bits per heavy atom. The maximum atomic E-state index is 13.3. The minimum Gasteiger partial charge on any atom is -0.454 e. The van der Waals surface area contributed by atoms with Crippen LogP contribution in [0.2, 0.25) is 0 Å². The van der Waals surface area contributed by atoms with Gasteiger partial charge < -0.3 is 45.1 Å². The van der Waals surface area contributed by atoms with Gasteiger partial charge in [-0.05, 0) is 64.2 Å². The van der Waals surface area contributed by atoms with Crippen LogP contribution in [0.3, 0.4) is 0 Å². The van der Waals surface area contributed by atoms with Crippen molar-refractivity contribution >= 4 is 11.9 Å². The average Bonchev–Trinajstić information content (AvgIpc) is 3.36. The monoisotopic (exact) mass is 988 g/mol. The largest absolute Gasteiger partial charge is 0.454 e. The molecule has 1 fully saturated rings. The van der Waals surface area contributed by atoms with Gasteiger partial charge in [-0.15, -0.1) is 0 Å². The highest BCUT2D eigenvalue weighted by Gasteiger charge is 2.47. The van der Waals surface area contributed by atoms with Crippen LogP contribution in [0.15, 0.2) is 60.8 Å². The first-order valence-electron chi connectivity index (χ1n) is 28.6. The predicted molar refractivity (Wildman–Crippen MR) is 287 cm³/mol. The Morgan fingerprint density at radius 2 is 0.986 bits per heavy atom. The number of rotatable bonds is 47. The topological polar surface area (TPSA) is 175 Å². The standard InChI is InChI=1S/C59H105NO10/c1-4-7-10-13-16-19-22-24-25-26-27-29-32-35-38-41-44-47-54(64)70-57-56(66)55(65)53(48-61)69-59(57)68-49-50(51(62)45-42-39-36-33-30-21-18-15-12-9-6-3)60-58(67)52(63)46-43-40-37-34-31-28-23-20-17-14-11-8-5-2/h16,19,24-25,27,29,35,38,42,45,50-53,55-57,59,61-63,65-66H,4-15,17-18,20-23,26,28,30-34,36-37,39-41,43-44,46-49H2,1-3H3,(H,60,67)/b19-16-,25-24-,29-27-,38-35-,45-42+. The minimum absolute atomic E-state index is 0.0474. The molecule has 0 spiro atoms. The predicted octanol–water partition coefficient (Wildman–Crippen LogP) is 12.7. The van der Waals surface area contributed by atoms with Crippen molar-refractivity contribution in [1.82, 2.24) is 5.32 Å². The fraction of sp³-hybridized carbons (Fsp3) is 0.797. The lowest BCUT2D eigenvalue weighted by Gasteiger charge is -2.41. The maximum Gasteiger partial charge on any atom is 0.306 e. The molecule has 1 heterocycles. The van der Waals surface area contributed by atoms with E-state index in [1.54, 1.807) is 6.08 Å². The summed E-state index contributed by atoms with van der Waals surface area (Å²) in [7, 11) is 0. The van der Waals surface area contributed by atoms with Crippen LogP contribution >= 0.6 is 0 Å². The molecule has 0 bridgehead atoms. The minimum atomic E-state index is -1.63.